The van der Waals surface area contributed by atoms with Crippen molar-refractivity contribution in [1.82, 2.24) is 18.9 Å². The Balaban J connectivity index is 0.000000459. The van der Waals surface area contributed by atoms with E-state index in [0.29, 0.717) is 24.9 Å². The summed E-state index contributed by atoms with van der Waals surface area (Å²) in [5, 5.41) is 22.3. The number of esters is 1. The van der Waals surface area contributed by atoms with Crippen LogP contribution in [0.5, 0.6) is 0 Å². The van der Waals surface area contributed by atoms with Gasteiger partial charge in [-0.3, -0.25) is 19.4 Å². The van der Waals surface area contributed by atoms with Gasteiger partial charge in [0.05, 0.1) is 32.8 Å². The molecule has 12 nitrogen and oxygen atoms in total. The number of halogens is 4. The molecule has 2 aromatic rings. The molecule has 17 heteroatoms. The Labute approximate surface area is 294 Å². The second-order valence-corrected chi connectivity index (χ2v) is 12.9. The zero-order valence-corrected chi connectivity index (χ0v) is 28.8. The van der Waals surface area contributed by atoms with Crippen molar-refractivity contribution >= 4 is 11.9 Å². The molecule has 0 aromatic carbocycles. The summed E-state index contributed by atoms with van der Waals surface area (Å²) in [6, 6.07) is 4.21. The number of nitrogens with zero attached hydrogens (tertiary/aromatic N) is 4. The summed E-state index contributed by atoms with van der Waals surface area (Å²) in [5.74, 6) is -6.46. The number of aromatic nitrogens is 2. The standard InChI is InChI=1S/C17H24F2N2O3.C15H20F2N2O3.Li.H2O2/c1-4-24-16(23)14(7-12(2)3)21-9-13(5-6-15(21)22)8-20-10-17(18,19)11-20;1-10(2)5-12(14(21)22)19-7-11(3-4-13(19)20)6-18-8-15(16,17)9-18;;1-2/h5-6,9,12,14H,4,7-8,10-11H2,1-3H3;3-4,7,10,12H,5-6,8-9H2,1-2H3,(H,21,22);;1-2H/q;;+1;/p-1. The van der Waals surface area contributed by atoms with E-state index in [9.17, 15) is 41.8 Å². The predicted molar refractivity (Wildman–Crippen MR) is 166 cm³/mol. The van der Waals surface area contributed by atoms with Gasteiger partial charge in [0, 0.05) is 37.6 Å². The van der Waals surface area contributed by atoms with Gasteiger partial charge in [-0.1, -0.05) is 39.8 Å². The molecule has 2 aromatic heterocycles. The van der Waals surface area contributed by atoms with Gasteiger partial charge in [0.25, 0.3) is 23.0 Å². The van der Waals surface area contributed by atoms with E-state index in [-0.39, 0.29) is 75.6 Å². The summed E-state index contributed by atoms with van der Waals surface area (Å²) in [6.45, 7) is 9.08. The van der Waals surface area contributed by atoms with Crippen molar-refractivity contribution in [3.05, 3.63) is 68.5 Å². The summed E-state index contributed by atoms with van der Waals surface area (Å²) >= 11 is 0. The van der Waals surface area contributed by atoms with Gasteiger partial charge in [-0.2, -0.15) is 0 Å². The van der Waals surface area contributed by atoms with E-state index in [1.807, 2.05) is 27.7 Å². The molecule has 0 amide bonds. The van der Waals surface area contributed by atoms with E-state index in [4.69, 9.17) is 15.3 Å². The van der Waals surface area contributed by atoms with Gasteiger partial charge in [0.2, 0.25) is 0 Å². The number of pyridine rings is 2. The summed E-state index contributed by atoms with van der Waals surface area (Å²) in [6.07, 6.45) is 3.87. The van der Waals surface area contributed by atoms with Gasteiger partial charge in [-0.25, -0.2) is 27.2 Å². The Hall–Kier alpha value is -3.00. The number of aliphatic carboxylic acids is 1. The van der Waals surface area contributed by atoms with E-state index in [1.165, 1.54) is 27.5 Å². The zero-order chi connectivity index (χ0) is 36.4. The summed E-state index contributed by atoms with van der Waals surface area (Å²) in [7, 11) is 0. The van der Waals surface area contributed by atoms with Gasteiger partial charge < -0.3 is 29.5 Å². The van der Waals surface area contributed by atoms with Crippen LogP contribution in [0, 0.1) is 11.8 Å². The fraction of sp³-hybridized carbons (Fsp3) is 0.625. The molecule has 2 saturated heterocycles. The van der Waals surface area contributed by atoms with Crippen LogP contribution in [0.2, 0.25) is 0 Å². The topological polar surface area (TPSA) is 157 Å². The SMILES string of the molecule is CC(C)CC(C(=O)O)n1cc(CN2CC(F)(F)C2)ccc1=O.CCOC(=O)C(CC(C)C)n1cc(CN2CC(F)(F)C2)ccc1=O.[Li+].[O-]O. The molecule has 2 fully saturated rings. The van der Waals surface area contributed by atoms with E-state index < -0.39 is 41.4 Å². The molecular formula is C32H45F4LiN4O8. The Morgan fingerprint density at radius 1 is 0.776 bits per heavy atom. The third-order valence-electron chi connectivity index (χ3n) is 7.54. The van der Waals surface area contributed by atoms with Crippen molar-refractivity contribution in [1.29, 1.82) is 0 Å². The minimum absolute atomic E-state index is 0. The van der Waals surface area contributed by atoms with E-state index >= 15 is 0 Å². The van der Waals surface area contributed by atoms with Crippen LogP contribution < -0.4 is 35.2 Å². The predicted octanol–water partition coefficient (Wildman–Crippen LogP) is 0.244. The molecular weight excluding hydrogens is 651 g/mol. The van der Waals surface area contributed by atoms with Crippen LogP contribution in [0.1, 0.15) is 70.7 Å². The number of alkyl halides is 4. The molecule has 0 radical (unpaired) electrons. The van der Waals surface area contributed by atoms with Crippen LogP contribution >= 0.6 is 0 Å². The van der Waals surface area contributed by atoms with Crippen LogP contribution in [-0.4, -0.2) is 85.9 Å². The molecule has 4 heterocycles. The number of carbonyl (C=O) groups excluding carboxylic acids is 1. The molecule has 49 heavy (non-hydrogen) atoms. The average Bonchev–Trinajstić information content (AvgIpc) is 2.96. The van der Waals surface area contributed by atoms with Crippen LogP contribution in [0.15, 0.2) is 46.2 Å². The molecule has 0 saturated carbocycles. The van der Waals surface area contributed by atoms with Gasteiger partial charge in [-0.15, -0.1) is 0 Å². The number of hydrogen-bond acceptors (Lipinski definition) is 9. The third kappa shape index (κ3) is 13.7. The van der Waals surface area contributed by atoms with E-state index in [0.717, 1.165) is 5.56 Å². The van der Waals surface area contributed by atoms with Gasteiger partial charge >= 0.3 is 30.8 Å². The first kappa shape index (κ1) is 44.0. The number of rotatable bonds is 13. The Bertz CT molecular complexity index is 1470. The number of hydrogen-bond donors (Lipinski definition) is 2. The Morgan fingerprint density at radius 2 is 1.14 bits per heavy atom. The normalized spacial score (nSPS) is 17.6. The van der Waals surface area contributed by atoms with Gasteiger partial charge in [0.1, 0.15) is 12.1 Å². The summed E-state index contributed by atoms with van der Waals surface area (Å²) < 4.78 is 59.2. The number of ether oxygens (including phenoxy) is 1. The van der Waals surface area contributed by atoms with Crippen LogP contribution in [0.3, 0.4) is 0 Å². The molecule has 2 N–H and O–H groups in total. The molecule has 2 aliphatic rings. The van der Waals surface area contributed by atoms with Crippen molar-refractivity contribution in [2.45, 2.75) is 84.5 Å². The fourth-order valence-corrected chi connectivity index (χ4v) is 5.52. The smallest absolute Gasteiger partial charge is 0.727 e. The van der Waals surface area contributed by atoms with Crippen molar-refractivity contribution < 1.29 is 66.4 Å². The van der Waals surface area contributed by atoms with E-state index in [2.05, 4.69) is 0 Å². The maximum absolute atomic E-state index is 12.9. The van der Waals surface area contributed by atoms with Crippen LogP contribution in [0.25, 0.3) is 0 Å². The molecule has 270 valence electrons. The zero-order valence-electron chi connectivity index (χ0n) is 28.8. The number of carbonyl (C=O) groups is 2. The third-order valence-corrected chi connectivity index (χ3v) is 7.54. The molecule has 2 atom stereocenters. The second kappa shape index (κ2) is 19.4. The van der Waals surface area contributed by atoms with Crippen molar-refractivity contribution in [3.8, 4) is 0 Å². The van der Waals surface area contributed by atoms with Gasteiger partial charge in [0.15, 0.2) is 0 Å². The molecule has 0 bridgehead atoms. The van der Waals surface area contributed by atoms with E-state index in [1.54, 1.807) is 35.1 Å². The molecule has 2 aliphatic heterocycles. The second-order valence-electron chi connectivity index (χ2n) is 12.9. The van der Waals surface area contributed by atoms with Crippen molar-refractivity contribution in [3.63, 3.8) is 0 Å². The number of carboxylic acids is 1. The molecule has 0 aliphatic carbocycles. The molecule has 2 unspecified atom stereocenters. The van der Waals surface area contributed by atoms with Crippen LogP contribution in [-0.2, 0) is 27.4 Å². The van der Waals surface area contributed by atoms with Crippen LogP contribution in [0.4, 0.5) is 17.6 Å². The largest absolute Gasteiger partial charge is 1.00 e. The molecule has 0 spiro atoms. The molecule has 4 rings (SSSR count). The van der Waals surface area contributed by atoms with Crippen molar-refractivity contribution in [2.75, 3.05) is 32.8 Å². The average molecular weight is 697 g/mol. The maximum Gasteiger partial charge on any atom is 1.00 e. The summed E-state index contributed by atoms with van der Waals surface area (Å²) in [4.78, 5) is 50.9. The first-order valence-electron chi connectivity index (χ1n) is 15.6. The van der Waals surface area contributed by atoms with Crippen molar-refractivity contribution in [2.24, 2.45) is 11.8 Å². The Morgan fingerprint density at radius 3 is 1.47 bits per heavy atom. The maximum atomic E-state index is 12.9. The fourth-order valence-electron chi connectivity index (χ4n) is 5.52. The summed E-state index contributed by atoms with van der Waals surface area (Å²) in [5.41, 5.74) is 0.686. The first-order valence-corrected chi connectivity index (χ1v) is 15.6. The number of likely N-dealkylation sites (tertiary alicyclic amines) is 2. The monoisotopic (exact) mass is 696 g/mol. The minimum Gasteiger partial charge on any atom is -0.727 e. The number of carboxylic acid groups (broad SMARTS) is 1. The minimum atomic E-state index is -2.64. The van der Waals surface area contributed by atoms with Gasteiger partial charge in [-0.05, 0) is 42.7 Å². The quantitative estimate of drug-likeness (QED) is 0.0979. The first-order chi connectivity index (χ1) is 22.4. The Kier molecular flexibility index (Phi) is 17.4.